The highest BCUT2D eigenvalue weighted by atomic mass is 127. The first kappa shape index (κ1) is 23.2. The van der Waals surface area contributed by atoms with Gasteiger partial charge in [-0.3, -0.25) is 4.79 Å². The number of phenolic OH excluding ortho intramolecular Hbond substituents is 2. The van der Waals surface area contributed by atoms with E-state index in [1.807, 2.05) is 36.4 Å². The van der Waals surface area contributed by atoms with Gasteiger partial charge in [0.1, 0.15) is 17.5 Å². The first-order valence-corrected chi connectivity index (χ1v) is 11.9. The summed E-state index contributed by atoms with van der Waals surface area (Å²) >= 11 is 6.10. The summed E-state index contributed by atoms with van der Waals surface area (Å²) in [4.78, 5) is 13.1. The second kappa shape index (κ2) is 10.2. The molecule has 5 N–H and O–H groups in total. The quantitative estimate of drug-likeness (QED) is 0.270. The van der Waals surface area contributed by atoms with Crippen LogP contribution in [0.3, 0.4) is 0 Å². The molecule has 3 aromatic carbocycles. The van der Waals surface area contributed by atoms with Crippen LogP contribution >= 0.6 is 56.9 Å². The van der Waals surface area contributed by atoms with Gasteiger partial charge >= 0.3 is 5.97 Å². The third kappa shape index (κ3) is 6.02. The van der Waals surface area contributed by atoms with Crippen molar-refractivity contribution in [3.05, 3.63) is 78.4 Å². The van der Waals surface area contributed by atoms with E-state index in [2.05, 4.69) is 45.2 Å². The lowest BCUT2D eigenvalue weighted by Gasteiger charge is -2.13. The first-order valence-electron chi connectivity index (χ1n) is 8.97. The molecule has 0 saturated carbocycles. The van der Waals surface area contributed by atoms with Gasteiger partial charge < -0.3 is 21.1 Å². The second-order valence-corrected chi connectivity index (χ2v) is 10.2. The van der Waals surface area contributed by atoms with Crippen LogP contribution in [0.25, 0.3) is 0 Å². The summed E-state index contributed by atoms with van der Waals surface area (Å²) in [6, 6.07) is 15.5. The number of rotatable bonds is 7. The van der Waals surface area contributed by atoms with E-state index < -0.39 is 12.0 Å². The van der Waals surface area contributed by atoms with Crippen molar-refractivity contribution in [2.75, 3.05) is 0 Å². The summed E-state index contributed by atoms with van der Waals surface area (Å²) in [5.41, 5.74) is 8.36. The number of aliphatic carboxylic acids is 1. The lowest BCUT2D eigenvalue weighted by atomic mass is 10.0. The van der Waals surface area contributed by atoms with Gasteiger partial charge in [-0.25, -0.2) is 0 Å². The van der Waals surface area contributed by atoms with Crippen LogP contribution in [-0.4, -0.2) is 27.3 Å². The van der Waals surface area contributed by atoms with Gasteiger partial charge in [0, 0.05) is 23.4 Å². The van der Waals surface area contributed by atoms with Crippen LogP contribution in [0.4, 0.5) is 0 Å². The van der Waals surface area contributed by atoms with Crippen LogP contribution in [0.1, 0.15) is 16.7 Å². The molecular formula is C22H19I2NO4S. The zero-order chi connectivity index (χ0) is 21.8. The molecule has 0 radical (unpaired) electrons. The predicted molar refractivity (Wildman–Crippen MR) is 134 cm³/mol. The van der Waals surface area contributed by atoms with Crippen LogP contribution in [0, 0.1) is 7.14 Å². The minimum Gasteiger partial charge on any atom is -0.508 e. The molecule has 30 heavy (non-hydrogen) atoms. The normalized spacial score (nSPS) is 12.0. The molecule has 5 nitrogen and oxygen atoms in total. The van der Waals surface area contributed by atoms with Crippen molar-refractivity contribution in [2.24, 2.45) is 5.73 Å². The Morgan fingerprint density at radius 2 is 1.60 bits per heavy atom. The lowest BCUT2D eigenvalue weighted by molar-refractivity contribution is -0.138. The minimum absolute atomic E-state index is 0.212. The molecule has 0 spiro atoms. The maximum Gasteiger partial charge on any atom is 0.320 e. The van der Waals surface area contributed by atoms with Gasteiger partial charge in [-0.05, 0) is 111 Å². The van der Waals surface area contributed by atoms with Crippen molar-refractivity contribution >= 4 is 62.9 Å². The number of hydrogen-bond donors (Lipinski definition) is 4. The minimum atomic E-state index is -1.01. The Bertz CT molecular complexity index is 1050. The fourth-order valence-corrected chi connectivity index (χ4v) is 6.33. The fourth-order valence-electron chi connectivity index (χ4n) is 2.89. The van der Waals surface area contributed by atoms with Crippen LogP contribution in [0.5, 0.6) is 11.5 Å². The molecule has 3 rings (SSSR count). The molecular weight excluding hydrogens is 628 g/mol. The maximum absolute atomic E-state index is 11.0. The SMILES string of the molecule is N[C@@H](Cc1cc(I)c(Sc2ccc(O)c(Cc3ccc(O)cc3)c2)c(I)c1)C(=O)O. The number of halogens is 2. The highest BCUT2D eigenvalue weighted by Crippen LogP contribution is 2.38. The van der Waals surface area contributed by atoms with Gasteiger partial charge in [0.05, 0.1) is 0 Å². The Kier molecular flexibility index (Phi) is 7.88. The predicted octanol–water partition coefficient (Wildman–Crippen LogP) is 5.00. The number of aromatic hydroxyl groups is 2. The average molecular weight is 647 g/mol. The molecule has 0 amide bonds. The molecule has 0 aliphatic rings. The third-order valence-electron chi connectivity index (χ3n) is 4.43. The summed E-state index contributed by atoms with van der Waals surface area (Å²) in [6.07, 6.45) is 0.836. The van der Waals surface area contributed by atoms with Crippen LogP contribution in [0.15, 0.2) is 64.4 Å². The fraction of sp³-hybridized carbons (Fsp3) is 0.136. The topological polar surface area (TPSA) is 104 Å². The zero-order valence-corrected chi connectivity index (χ0v) is 20.8. The Morgan fingerprint density at radius 3 is 2.20 bits per heavy atom. The van der Waals surface area contributed by atoms with Gasteiger partial charge in [-0.2, -0.15) is 0 Å². The Hall–Kier alpha value is -1.50. The number of carboxylic acids is 1. The van der Waals surface area contributed by atoms with Crippen LogP contribution in [-0.2, 0) is 17.6 Å². The summed E-state index contributed by atoms with van der Waals surface area (Å²) in [5, 5.41) is 28.7. The molecule has 1 atom stereocenters. The van der Waals surface area contributed by atoms with Crippen molar-refractivity contribution in [1.29, 1.82) is 0 Å². The number of carboxylic acid groups (broad SMARTS) is 1. The Morgan fingerprint density at radius 1 is 0.967 bits per heavy atom. The van der Waals surface area contributed by atoms with E-state index in [9.17, 15) is 15.0 Å². The van der Waals surface area contributed by atoms with Crippen molar-refractivity contribution in [2.45, 2.75) is 28.7 Å². The third-order valence-corrected chi connectivity index (χ3v) is 8.00. The van der Waals surface area contributed by atoms with Crippen LogP contribution in [0.2, 0.25) is 0 Å². The lowest BCUT2D eigenvalue weighted by Crippen LogP contribution is -2.32. The van der Waals surface area contributed by atoms with E-state index in [0.717, 1.165) is 33.6 Å². The zero-order valence-electron chi connectivity index (χ0n) is 15.7. The molecule has 0 bridgehead atoms. The van der Waals surface area contributed by atoms with Gasteiger partial charge in [-0.1, -0.05) is 23.9 Å². The number of benzene rings is 3. The van der Waals surface area contributed by atoms with Crippen molar-refractivity contribution < 1.29 is 20.1 Å². The largest absolute Gasteiger partial charge is 0.508 e. The first-order chi connectivity index (χ1) is 14.2. The number of nitrogens with two attached hydrogens (primary N) is 1. The molecule has 156 valence electrons. The van der Waals surface area contributed by atoms with Gasteiger partial charge in [0.15, 0.2) is 0 Å². The molecule has 3 aromatic rings. The average Bonchev–Trinajstić information content (AvgIpc) is 2.68. The molecule has 0 aromatic heterocycles. The van der Waals surface area contributed by atoms with Gasteiger partial charge in [-0.15, -0.1) is 0 Å². The summed E-state index contributed by atoms with van der Waals surface area (Å²) in [5.74, 6) is -0.567. The van der Waals surface area contributed by atoms with Crippen LogP contribution < -0.4 is 5.73 Å². The number of carbonyl (C=O) groups is 1. The van der Waals surface area contributed by atoms with Crippen molar-refractivity contribution in [1.82, 2.24) is 0 Å². The van der Waals surface area contributed by atoms with E-state index in [4.69, 9.17) is 10.8 Å². The van der Waals surface area contributed by atoms with E-state index in [1.54, 1.807) is 30.0 Å². The molecule has 0 aliphatic carbocycles. The molecule has 0 heterocycles. The van der Waals surface area contributed by atoms with Crippen molar-refractivity contribution in [3.8, 4) is 11.5 Å². The second-order valence-electron chi connectivity index (χ2n) is 6.77. The van der Waals surface area contributed by atoms with E-state index in [-0.39, 0.29) is 17.9 Å². The monoisotopic (exact) mass is 647 g/mol. The number of hydrogen-bond acceptors (Lipinski definition) is 5. The number of phenols is 2. The maximum atomic E-state index is 11.0. The summed E-state index contributed by atoms with van der Waals surface area (Å²) < 4.78 is 2.04. The Labute approximate surface area is 206 Å². The summed E-state index contributed by atoms with van der Waals surface area (Å²) in [6.45, 7) is 0. The molecule has 0 aliphatic heterocycles. The van der Waals surface area contributed by atoms with Crippen molar-refractivity contribution in [3.63, 3.8) is 0 Å². The highest BCUT2D eigenvalue weighted by Gasteiger charge is 2.16. The molecule has 8 heteroatoms. The molecule has 0 saturated heterocycles. The smallest absolute Gasteiger partial charge is 0.320 e. The summed E-state index contributed by atoms with van der Waals surface area (Å²) in [7, 11) is 0. The molecule has 0 fully saturated rings. The van der Waals surface area contributed by atoms with Gasteiger partial charge in [0.25, 0.3) is 0 Å². The standard InChI is InChI=1S/C22H19I2NO4S/c23-17-8-13(10-19(25)22(28)29)9-18(24)21(17)30-16-5-6-20(27)14(11-16)7-12-1-3-15(26)4-2-12/h1-6,8-9,11,19,26-27H,7,10,25H2,(H,28,29)/t19-/m0/s1. The van der Waals surface area contributed by atoms with E-state index >= 15 is 0 Å². The van der Waals surface area contributed by atoms with Gasteiger partial charge in [0.2, 0.25) is 0 Å². The van der Waals surface area contributed by atoms with E-state index in [0.29, 0.717) is 6.42 Å². The highest BCUT2D eigenvalue weighted by molar-refractivity contribution is 14.1. The van der Waals surface area contributed by atoms with E-state index in [1.165, 1.54) is 0 Å². The Balaban J connectivity index is 1.82. The molecule has 0 unspecified atom stereocenters.